The highest BCUT2D eigenvalue weighted by molar-refractivity contribution is 7.99. The number of fused-ring (bicyclic) bond motifs is 1. The zero-order chi connectivity index (χ0) is 18.9. The van der Waals surface area contributed by atoms with E-state index in [2.05, 4.69) is 10.3 Å². The number of hydrogen-bond donors (Lipinski definition) is 0. The van der Waals surface area contributed by atoms with Crippen molar-refractivity contribution in [2.45, 2.75) is 33.9 Å². The summed E-state index contributed by atoms with van der Waals surface area (Å²) in [6.45, 7) is 1.07. The smallest absolute Gasteiger partial charge is 0.245 e. The molecular formula is C18H19N3O4S2. The van der Waals surface area contributed by atoms with E-state index in [1.807, 2.05) is 24.3 Å². The maximum absolute atomic E-state index is 13.1. The summed E-state index contributed by atoms with van der Waals surface area (Å²) in [6, 6.07) is 11.0. The van der Waals surface area contributed by atoms with Gasteiger partial charge in [0, 0.05) is 18.0 Å². The first-order valence-corrected chi connectivity index (χ1v) is 10.9. The van der Waals surface area contributed by atoms with Crippen LogP contribution in [0.2, 0.25) is 0 Å². The molecule has 2 heterocycles. The van der Waals surface area contributed by atoms with E-state index >= 15 is 0 Å². The first-order valence-electron chi connectivity index (χ1n) is 8.67. The minimum atomic E-state index is -3.62. The predicted molar refractivity (Wildman–Crippen MR) is 102 cm³/mol. The molecule has 0 atom stereocenters. The molecule has 7 nitrogen and oxygen atoms in total. The van der Waals surface area contributed by atoms with Crippen LogP contribution >= 0.6 is 11.8 Å². The van der Waals surface area contributed by atoms with Crippen LogP contribution in [0.15, 0.2) is 55.7 Å². The molecule has 0 bridgehead atoms. The molecule has 0 radical (unpaired) electrons. The SMILES string of the molecule is COc1ccccc1Sc1ccc(S(=O)(=O)N2CCCCC2)c2nonc12. The maximum atomic E-state index is 13.1. The first-order chi connectivity index (χ1) is 13.1. The Bertz CT molecular complexity index is 1060. The highest BCUT2D eigenvalue weighted by Gasteiger charge is 2.30. The Morgan fingerprint density at radius 3 is 2.52 bits per heavy atom. The fourth-order valence-electron chi connectivity index (χ4n) is 3.18. The van der Waals surface area contributed by atoms with Crippen LogP contribution < -0.4 is 4.74 Å². The normalized spacial score (nSPS) is 15.9. The Kier molecular flexibility index (Phi) is 5.07. The standard InChI is InChI=1S/C18H19N3O4S2/c1-24-13-7-3-4-8-14(13)26-15-9-10-16(18-17(15)19-25-20-18)27(22,23)21-11-5-2-6-12-21/h3-4,7-10H,2,5-6,11-12H2,1H3. The summed E-state index contributed by atoms with van der Waals surface area (Å²) in [4.78, 5) is 1.80. The highest BCUT2D eigenvalue weighted by Crippen LogP contribution is 2.39. The molecule has 0 aliphatic carbocycles. The Morgan fingerprint density at radius 2 is 1.74 bits per heavy atom. The van der Waals surface area contributed by atoms with Gasteiger partial charge in [-0.15, -0.1) is 0 Å². The Hall–Kier alpha value is -2.10. The average Bonchev–Trinajstić information content (AvgIpc) is 3.19. The number of ether oxygens (including phenoxy) is 1. The number of aromatic nitrogens is 2. The molecular weight excluding hydrogens is 386 g/mol. The van der Waals surface area contributed by atoms with E-state index in [1.165, 1.54) is 16.1 Å². The number of piperidine rings is 1. The van der Waals surface area contributed by atoms with E-state index < -0.39 is 10.0 Å². The molecule has 0 spiro atoms. The van der Waals surface area contributed by atoms with E-state index in [0.29, 0.717) is 18.6 Å². The van der Waals surface area contributed by atoms with Crippen molar-refractivity contribution >= 4 is 32.8 Å². The molecule has 142 valence electrons. The Labute approximate surface area is 161 Å². The molecule has 1 aliphatic rings. The molecule has 2 aromatic carbocycles. The van der Waals surface area contributed by atoms with Gasteiger partial charge in [0.2, 0.25) is 10.0 Å². The zero-order valence-electron chi connectivity index (χ0n) is 14.8. The molecule has 4 rings (SSSR count). The van der Waals surface area contributed by atoms with Crippen molar-refractivity contribution in [3.05, 3.63) is 36.4 Å². The van der Waals surface area contributed by atoms with Gasteiger partial charge in [-0.3, -0.25) is 0 Å². The predicted octanol–water partition coefficient (Wildman–Crippen LogP) is 3.56. The van der Waals surface area contributed by atoms with Crippen molar-refractivity contribution < 1.29 is 17.8 Å². The van der Waals surface area contributed by atoms with Gasteiger partial charge in [0.25, 0.3) is 0 Å². The van der Waals surface area contributed by atoms with Gasteiger partial charge in [0.05, 0.1) is 12.0 Å². The summed E-state index contributed by atoms with van der Waals surface area (Å²) < 4.78 is 37.9. The largest absolute Gasteiger partial charge is 0.496 e. The van der Waals surface area contributed by atoms with Crippen LogP contribution in [0.25, 0.3) is 11.0 Å². The van der Waals surface area contributed by atoms with Crippen LogP contribution in [0.5, 0.6) is 5.75 Å². The lowest BCUT2D eigenvalue weighted by Crippen LogP contribution is -2.35. The van der Waals surface area contributed by atoms with Crippen molar-refractivity contribution in [2.75, 3.05) is 20.2 Å². The molecule has 1 saturated heterocycles. The molecule has 1 fully saturated rings. The van der Waals surface area contributed by atoms with Gasteiger partial charge in [-0.25, -0.2) is 13.0 Å². The van der Waals surface area contributed by atoms with Crippen molar-refractivity contribution in [3.63, 3.8) is 0 Å². The molecule has 1 aromatic heterocycles. The van der Waals surface area contributed by atoms with Crippen LogP contribution in [0.1, 0.15) is 19.3 Å². The summed E-state index contributed by atoms with van der Waals surface area (Å²) in [7, 11) is -2.01. The molecule has 0 unspecified atom stereocenters. The minimum Gasteiger partial charge on any atom is -0.496 e. The third-order valence-electron chi connectivity index (χ3n) is 4.56. The van der Waals surface area contributed by atoms with Gasteiger partial charge in [-0.05, 0) is 47.4 Å². The minimum absolute atomic E-state index is 0.144. The van der Waals surface area contributed by atoms with Crippen LogP contribution in [-0.2, 0) is 10.0 Å². The van der Waals surface area contributed by atoms with Crippen LogP contribution in [0, 0.1) is 0 Å². The van der Waals surface area contributed by atoms with Gasteiger partial charge in [0.1, 0.15) is 10.6 Å². The van der Waals surface area contributed by atoms with Crippen LogP contribution in [0.3, 0.4) is 0 Å². The molecule has 9 heteroatoms. The Balaban J connectivity index is 1.75. The van der Waals surface area contributed by atoms with Gasteiger partial charge in [-0.2, -0.15) is 4.31 Å². The second kappa shape index (κ2) is 7.49. The van der Waals surface area contributed by atoms with Crippen molar-refractivity contribution in [3.8, 4) is 5.75 Å². The lowest BCUT2D eigenvalue weighted by atomic mass is 10.2. The average molecular weight is 406 g/mol. The molecule has 0 amide bonds. The van der Waals surface area contributed by atoms with E-state index in [-0.39, 0.29) is 10.4 Å². The molecule has 0 saturated carbocycles. The van der Waals surface area contributed by atoms with Gasteiger partial charge < -0.3 is 4.74 Å². The zero-order valence-corrected chi connectivity index (χ0v) is 16.4. The van der Waals surface area contributed by atoms with Crippen LogP contribution in [0.4, 0.5) is 0 Å². The summed E-state index contributed by atoms with van der Waals surface area (Å²) in [6.07, 6.45) is 2.81. The Morgan fingerprint density at radius 1 is 1.00 bits per heavy atom. The van der Waals surface area contributed by atoms with Crippen LogP contribution in [-0.4, -0.2) is 43.2 Å². The number of sulfonamides is 1. The number of methoxy groups -OCH3 is 1. The van der Waals surface area contributed by atoms with E-state index in [9.17, 15) is 8.42 Å². The fourth-order valence-corrected chi connectivity index (χ4v) is 5.82. The molecule has 27 heavy (non-hydrogen) atoms. The number of rotatable bonds is 5. The second-order valence-corrected chi connectivity index (χ2v) is 9.23. The van der Waals surface area contributed by atoms with Gasteiger partial charge in [-0.1, -0.05) is 30.3 Å². The third-order valence-corrected chi connectivity index (χ3v) is 7.60. The maximum Gasteiger partial charge on any atom is 0.245 e. The number of para-hydroxylation sites is 1. The van der Waals surface area contributed by atoms with Gasteiger partial charge >= 0.3 is 0 Å². The highest BCUT2D eigenvalue weighted by atomic mass is 32.2. The molecule has 1 aliphatic heterocycles. The molecule has 0 N–H and O–H groups in total. The lowest BCUT2D eigenvalue weighted by molar-refractivity contribution is 0.314. The quantitative estimate of drug-likeness (QED) is 0.641. The van der Waals surface area contributed by atoms with E-state index in [4.69, 9.17) is 9.37 Å². The monoisotopic (exact) mass is 405 g/mol. The van der Waals surface area contributed by atoms with Crippen molar-refractivity contribution in [2.24, 2.45) is 0 Å². The summed E-state index contributed by atoms with van der Waals surface area (Å²) in [5.41, 5.74) is 0.699. The molecule has 3 aromatic rings. The summed E-state index contributed by atoms with van der Waals surface area (Å²) in [5.74, 6) is 0.733. The lowest BCUT2D eigenvalue weighted by Gasteiger charge is -2.25. The number of nitrogens with zero attached hydrogens (tertiary/aromatic N) is 3. The fraction of sp³-hybridized carbons (Fsp3) is 0.333. The summed E-state index contributed by atoms with van der Waals surface area (Å²) in [5, 5.41) is 7.85. The van der Waals surface area contributed by atoms with E-state index in [0.717, 1.165) is 34.8 Å². The van der Waals surface area contributed by atoms with Crippen molar-refractivity contribution in [1.29, 1.82) is 0 Å². The topological polar surface area (TPSA) is 85.5 Å². The summed E-state index contributed by atoms with van der Waals surface area (Å²) >= 11 is 1.43. The van der Waals surface area contributed by atoms with E-state index in [1.54, 1.807) is 19.2 Å². The third kappa shape index (κ3) is 3.42. The first kappa shape index (κ1) is 18.3. The second-order valence-electron chi connectivity index (χ2n) is 6.24. The number of benzene rings is 2. The van der Waals surface area contributed by atoms with Crippen molar-refractivity contribution in [1.82, 2.24) is 14.6 Å². The number of hydrogen-bond acceptors (Lipinski definition) is 7. The van der Waals surface area contributed by atoms with Gasteiger partial charge in [0.15, 0.2) is 11.0 Å².